The third-order valence-electron chi connectivity index (χ3n) is 4.27. The number of aromatic nitrogens is 2. The first-order valence-corrected chi connectivity index (χ1v) is 8.45. The maximum absolute atomic E-state index is 12.7. The summed E-state index contributed by atoms with van der Waals surface area (Å²) < 4.78 is 11.6. The van der Waals surface area contributed by atoms with E-state index in [2.05, 4.69) is 10.2 Å². The molecule has 6 nitrogen and oxygen atoms in total. The Bertz CT molecular complexity index is 907. The summed E-state index contributed by atoms with van der Waals surface area (Å²) in [6, 6.07) is 19.0. The molecule has 1 unspecified atom stereocenters. The van der Waals surface area contributed by atoms with E-state index in [4.69, 9.17) is 9.47 Å². The highest BCUT2D eigenvalue weighted by atomic mass is 16.6. The van der Waals surface area contributed by atoms with Gasteiger partial charge < -0.3 is 14.4 Å². The minimum atomic E-state index is -0.213. The van der Waals surface area contributed by atoms with Crippen LogP contribution >= 0.6 is 0 Å². The highest BCUT2D eigenvalue weighted by molar-refractivity contribution is 5.93. The second-order valence-corrected chi connectivity index (χ2v) is 6.22. The molecule has 1 aliphatic rings. The molecule has 132 valence electrons. The molecule has 3 aromatic rings. The van der Waals surface area contributed by atoms with Crippen LogP contribution in [0, 0.1) is 0 Å². The van der Waals surface area contributed by atoms with Gasteiger partial charge in [-0.2, -0.15) is 5.10 Å². The fourth-order valence-electron chi connectivity index (χ4n) is 2.94. The number of ether oxygens (including phenoxy) is 2. The third kappa shape index (κ3) is 3.26. The van der Waals surface area contributed by atoms with Crippen LogP contribution in [0.3, 0.4) is 0 Å². The van der Waals surface area contributed by atoms with E-state index in [9.17, 15) is 4.79 Å². The van der Waals surface area contributed by atoms with Gasteiger partial charge in [0.05, 0.1) is 12.2 Å². The molecule has 1 aliphatic heterocycles. The molecule has 1 aromatic heterocycles. The van der Waals surface area contributed by atoms with Crippen LogP contribution in [0.4, 0.5) is 0 Å². The van der Waals surface area contributed by atoms with Gasteiger partial charge in [0.25, 0.3) is 5.91 Å². The second-order valence-electron chi connectivity index (χ2n) is 6.22. The largest absolute Gasteiger partial charge is 0.486 e. The van der Waals surface area contributed by atoms with E-state index in [1.165, 1.54) is 0 Å². The first-order valence-electron chi connectivity index (χ1n) is 8.45. The molecule has 0 spiro atoms. The van der Waals surface area contributed by atoms with Gasteiger partial charge in [0, 0.05) is 12.6 Å². The number of carbonyl (C=O) groups is 1. The molecule has 0 fully saturated rings. The normalized spacial score (nSPS) is 15.5. The van der Waals surface area contributed by atoms with Gasteiger partial charge in [-0.3, -0.25) is 9.89 Å². The van der Waals surface area contributed by atoms with E-state index in [0.29, 0.717) is 24.6 Å². The van der Waals surface area contributed by atoms with Crippen molar-refractivity contribution < 1.29 is 14.3 Å². The van der Waals surface area contributed by atoms with Crippen LogP contribution in [0.5, 0.6) is 11.5 Å². The zero-order valence-electron chi connectivity index (χ0n) is 14.4. The summed E-state index contributed by atoms with van der Waals surface area (Å²) in [6.07, 6.45) is -0.213. The fourth-order valence-corrected chi connectivity index (χ4v) is 2.94. The van der Waals surface area contributed by atoms with E-state index >= 15 is 0 Å². The van der Waals surface area contributed by atoms with Crippen LogP contribution in [-0.2, 0) is 0 Å². The number of para-hydroxylation sites is 2. The Balaban J connectivity index is 1.42. The van der Waals surface area contributed by atoms with Crippen molar-refractivity contribution in [3.05, 3.63) is 66.4 Å². The van der Waals surface area contributed by atoms with E-state index in [-0.39, 0.29) is 12.0 Å². The third-order valence-corrected chi connectivity index (χ3v) is 4.27. The van der Waals surface area contributed by atoms with Gasteiger partial charge in [-0.15, -0.1) is 0 Å². The van der Waals surface area contributed by atoms with Crippen LogP contribution in [0.15, 0.2) is 60.7 Å². The van der Waals surface area contributed by atoms with Crippen molar-refractivity contribution in [2.24, 2.45) is 0 Å². The van der Waals surface area contributed by atoms with Crippen molar-refractivity contribution >= 4 is 5.91 Å². The predicted molar refractivity (Wildman–Crippen MR) is 97.3 cm³/mol. The molecule has 2 aromatic carbocycles. The second kappa shape index (κ2) is 6.92. The lowest BCUT2D eigenvalue weighted by Crippen LogP contribution is -2.41. The summed E-state index contributed by atoms with van der Waals surface area (Å²) in [6.45, 7) is 0.833. The number of nitrogens with zero attached hydrogens (tertiary/aromatic N) is 2. The summed E-state index contributed by atoms with van der Waals surface area (Å²) in [5, 5.41) is 7.06. The van der Waals surface area contributed by atoms with E-state index in [1.807, 2.05) is 54.6 Å². The molecule has 4 rings (SSSR count). The number of fused-ring (bicyclic) bond motifs is 1. The maximum Gasteiger partial charge on any atom is 0.271 e. The summed E-state index contributed by atoms with van der Waals surface area (Å²) >= 11 is 0. The lowest BCUT2D eigenvalue weighted by Gasteiger charge is -2.29. The Morgan fingerprint density at radius 3 is 2.69 bits per heavy atom. The molecule has 2 heterocycles. The van der Waals surface area contributed by atoms with E-state index in [0.717, 1.165) is 17.0 Å². The quantitative estimate of drug-likeness (QED) is 0.786. The average Bonchev–Trinajstić information content (AvgIpc) is 3.18. The van der Waals surface area contributed by atoms with Gasteiger partial charge in [0.15, 0.2) is 17.6 Å². The summed E-state index contributed by atoms with van der Waals surface area (Å²) in [4.78, 5) is 14.3. The van der Waals surface area contributed by atoms with Crippen LogP contribution < -0.4 is 9.47 Å². The molecular formula is C20H19N3O3. The first-order chi connectivity index (χ1) is 12.7. The molecule has 1 amide bonds. The van der Waals surface area contributed by atoms with Crippen LogP contribution in [-0.4, -0.2) is 47.3 Å². The number of benzene rings is 2. The van der Waals surface area contributed by atoms with Crippen LogP contribution in [0.1, 0.15) is 10.5 Å². The molecule has 1 atom stereocenters. The number of H-pyrrole nitrogens is 1. The average molecular weight is 349 g/mol. The van der Waals surface area contributed by atoms with Crippen LogP contribution in [0.25, 0.3) is 11.3 Å². The minimum absolute atomic E-state index is 0.137. The monoisotopic (exact) mass is 349 g/mol. The van der Waals surface area contributed by atoms with Gasteiger partial charge in [-0.25, -0.2) is 0 Å². The summed E-state index contributed by atoms with van der Waals surface area (Å²) in [5.74, 6) is 1.30. The molecule has 1 N–H and O–H groups in total. The zero-order chi connectivity index (χ0) is 17.9. The maximum atomic E-state index is 12.7. The van der Waals surface area contributed by atoms with Gasteiger partial charge in [0.1, 0.15) is 12.3 Å². The summed E-state index contributed by atoms with van der Waals surface area (Å²) in [5.41, 5.74) is 2.16. The minimum Gasteiger partial charge on any atom is -0.486 e. The number of amides is 1. The van der Waals surface area contributed by atoms with Gasteiger partial charge >= 0.3 is 0 Å². The van der Waals surface area contributed by atoms with Crippen molar-refractivity contribution in [2.45, 2.75) is 6.10 Å². The molecule has 0 radical (unpaired) electrons. The molecule has 0 saturated carbocycles. The molecule has 26 heavy (non-hydrogen) atoms. The highest BCUT2D eigenvalue weighted by Crippen LogP contribution is 2.31. The van der Waals surface area contributed by atoms with Crippen molar-refractivity contribution in [3.63, 3.8) is 0 Å². The first kappa shape index (κ1) is 16.2. The SMILES string of the molecule is CN(CC1COc2ccccc2O1)C(=O)c1cc(-c2ccccc2)n[nH]1. The Morgan fingerprint density at radius 2 is 1.88 bits per heavy atom. The smallest absolute Gasteiger partial charge is 0.271 e. The Labute approximate surface area is 151 Å². The standard InChI is InChI=1S/C20H19N3O3/c1-23(12-15-13-25-18-9-5-6-10-19(18)26-15)20(24)17-11-16(21-22-17)14-7-3-2-4-8-14/h2-11,15H,12-13H2,1H3,(H,21,22). The number of hydrogen-bond acceptors (Lipinski definition) is 4. The number of rotatable bonds is 4. The Hall–Kier alpha value is -3.28. The molecule has 0 bridgehead atoms. The lowest BCUT2D eigenvalue weighted by molar-refractivity contribution is 0.0517. The van der Waals surface area contributed by atoms with Gasteiger partial charge in [0.2, 0.25) is 0 Å². The number of aromatic amines is 1. The zero-order valence-corrected chi connectivity index (χ0v) is 14.4. The number of hydrogen-bond donors (Lipinski definition) is 1. The number of nitrogens with one attached hydrogen (secondary N) is 1. The van der Waals surface area contributed by atoms with Gasteiger partial charge in [-0.1, -0.05) is 42.5 Å². The van der Waals surface area contributed by atoms with Crippen LogP contribution in [0.2, 0.25) is 0 Å². The summed E-state index contributed by atoms with van der Waals surface area (Å²) in [7, 11) is 1.75. The number of likely N-dealkylation sites (N-methyl/N-ethyl adjacent to an activating group) is 1. The molecule has 0 aliphatic carbocycles. The topological polar surface area (TPSA) is 67.5 Å². The molecular weight excluding hydrogens is 330 g/mol. The molecule has 0 saturated heterocycles. The highest BCUT2D eigenvalue weighted by Gasteiger charge is 2.25. The van der Waals surface area contributed by atoms with Gasteiger partial charge in [-0.05, 0) is 18.2 Å². The van der Waals surface area contributed by atoms with Crippen molar-refractivity contribution in [3.8, 4) is 22.8 Å². The predicted octanol–water partition coefficient (Wildman–Crippen LogP) is 2.99. The van der Waals surface area contributed by atoms with E-state index < -0.39 is 0 Å². The van der Waals surface area contributed by atoms with Crippen molar-refractivity contribution in [2.75, 3.05) is 20.2 Å². The lowest BCUT2D eigenvalue weighted by atomic mass is 10.1. The fraction of sp³-hybridized carbons (Fsp3) is 0.200. The van der Waals surface area contributed by atoms with Crippen molar-refractivity contribution in [1.82, 2.24) is 15.1 Å². The number of carbonyl (C=O) groups excluding carboxylic acids is 1. The Kier molecular flexibility index (Phi) is 4.31. The Morgan fingerprint density at radius 1 is 1.15 bits per heavy atom. The molecule has 6 heteroatoms. The van der Waals surface area contributed by atoms with Crippen molar-refractivity contribution in [1.29, 1.82) is 0 Å². The van der Waals surface area contributed by atoms with E-state index in [1.54, 1.807) is 18.0 Å².